The average molecular weight is 264 g/mol. The molecule has 2 aliphatic rings. The first kappa shape index (κ1) is 12.6. The van der Waals surface area contributed by atoms with Gasteiger partial charge in [0.05, 0.1) is 18.0 Å². The van der Waals surface area contributed by atoms with Gasteiger partial charge in [-0.15, -0.1) is 0 Å². The third-order valence-corrected chi connectivity index (χ3v) is 4.82. The lowest BCUT2D eigenvalue weighted by Gasteiger charge is -2.65. The van der Waals surface area contributed by atoms with Gasteiger partial charge in [-0.2, -0.15) is 5.10 Å². The highest BCUT2D eigenvalue weighted by atomic mass is 16.5. The summed E-state index contributed by atoms with van der Waals surface area (Å²) in [6, 6.07) is 0. The molecule has 1 aliphatic carbocycles. The van der Waals surface area contributed by atoms with E-state index in [2.05, 4.69) is 15.5 Å². The summed E-state index contributed by atoms with van der Waals surface area (Å²) in [5.74, 6) is -0.0474. The van der Waals surface area contributed by atoms with Crippen molar-refractivity contribution in [3.8, 4) is 0 Å². The summed E-state index contributed by atoms with van der Waals surface area (Å²) in [6.45, 7) is 4.78. The molecule has 0 bridgehead atoms. The summed E-state index contributed by atoms with van der Waals surface area (Å²) >= 11 is 0. The normalized spacial score (nSPS) is 36.2. The van der Waals surface area contributed by atoms with Crippen molar-refractivity contribution in [1.29, 1.82) is 0 Å². The smallest absolute Gasteiger partial charge is 0.245 e. The number of hydrogen-bond acceptors (Lipinski definition) is 4. The minimum Gasteiger partial charge on any atom is -0.377 e. The van der Waals surface area contributed by atoms with Gasteiger partial charge < -0.3 is 15.8 Å². The highest BCUT2D eigenvalue weighted by Gasteiger charge is 2.70. The third kappa shape index (κ3) is 1.56. The predicted octanol–water partition coefficient (Wildman–Crippen LogP) is 0.881. The van der Waals surface area contributed by atoms with Crippen LogP contribution in [0.4, 0.5) is 5.69 Å². The summed E-state index contributed by atoms with van der Waals surface area (Å²) in [7, 11) is 0. The van der Waals surface area contributed by atoms with Crippen LogP contribution in [-0.4, -0.2) is 34.4 Å². The van der Waals surface area contributed by atoms with Crippen LogP contribution in [0, 0.1) is 11.3 Å². The van der Waals surface area contributed by atoms with E-state index in [9.17, 15) is 4.79 Å². The number of anilines is 1. The fourth-order valence-corrected chi connectivity index (χ4v) is 3.59. The Morgan fingerprint density at radius 2 is 2.42 bits per heavy atom. The van der Waals surface area contributed by atoms with Crippen LogP contribution in [0.5, 0.6) is 0 Å². The Morgan fingerprint density at radius 1 is 1.63 bits per heavy atom. The van der Waals surface area contributed by atoms with Gasteiger partial charge in [-0.05, 0) is 12.8 Å². The fourth-order valence-electron chi connectivity index (χ4n) is 3.59. The molecule has 1 aromatic rings. The van der Waals surface area contributed by atoms with Crippen LogP contribution in [-0.2, 0) is 9.53 Å². The van der Waals surface area contributed by atoms with Crippen molar-refractivity contribution in [3.05, 3.63) is 12.4 Å². The summed E-state index contributed by atoms with van der Waals surface area (Å²) in [5.41, 5.74) is 5.88. The van der Waals surface area contributed by atoms with E-state index in [1.807, 2.05) is 13.8 Å². The van der Waals surface area contributed by atoms with E-state index in [-0.39, 0.29) is 23.3 Å². The molecule has 0 unspecified atom stereocenters. The number of fused-ring (bicyclic) bond motifs is 1. The van der Waals surface area contributed by atoms with Crippen LogP contribution >= 0.6 is 0 Å². The molecule has 0 radical (unpaired) electrons. The van der Waals surface area contributed by atoms with E-state index in [4.69, 9.17) is 10.5 Å². The number of aromatic nitrogens is 2. The maximum Gasteiger partial charge on any atom is 0.245 e. The molecule has 0 spiro atoms. The van der Waals surface area contributed by atoms with Gasteiger partial charge in [-0.1, -0.05) is 13.8 Å². The van der Waals surface area contributed by atoms with Crippen molar-refractivity contribution in [2.24, 2.45) is 17.1 Å². The zero-order valence-electron chi connectivity index (χ0n) is 11.3. The van der Waals surface area contributed by atoms with Crippen LogP contribution in [0.25, 0.3) is 0 Å². The first-order valence-electron chi connectivity index (χ1n) is 6.68. The summed E-state index contributed by atoms with van der Waals surface area (Å²) in [6.07, 6.45) is 5.21. The molecular formula is C13H20N4O2. The Morgan fingerprint density at radius 3 is 3.11 bits per heavy atom. The third-order valence-electron chi connectivity index (χ3n) is 4.82. The quantitative estimate of drug-likeness (QED) is 0.739. The van der Waals surface area contributed by atoms with Crippen molar-refractivity contribution in [2.75, 3.05) is 11.9 Å². The monoisotopic (exact) mass is 264 g/mol. The van der Waals surface area contributed by atoms with Gasteiger partial charge in [0.1, 0.15) is 5.54 Å². The molecule has 104 valence electrons. The molecular weight excluding hydrogens is 244 g/mol. The molecule has 4 N–H and O–H groups in total. The van der Waals surface area contributed by atoms with E-state index in [1.54, 1.807) is 12.4 Å². The lowest BCUT2D eigenvalue weighted by molar-refractivity contribution is -0.222. The Hall–Kier alpha value is -1.40. The number of H-pyrrole nitrogens is 1. The number of aromatic amines is 1. The van der Waals surface area contributed by atoms with Crippen molar-refractivity contribution in [1.82, 2.24) is 10.2 Å². The van der Waals surface area contributed by atoms with Gasteiger partial charge in [0.15, 0.2) is 0 Å². The first-order chi connectivity index (χ1) is 8.98. The van der Waals surface area contributed by atoms with Gasteiger partial charge in [-0.3, -0.25) is 9.89 Å². The van der Waals surface area contributed by atoms with Gasteiger partial charge in [-0.25, -0.2) is 0 Å². The topological polar surface area (TPSA) is 93.0 Å². The highest BCUT2D eigenvalue weighted by Crippen LogP contribution is 2.57. The van der Waals surface area contributed by atoms with Crippen LogP contribution < -0.4 is 11.1 Å². The van der Waals surface area contributed by atoms with Crippen LogP contribution in [0.15, 0.2) is 12.4 Å². The van der Waals surface area contributed by atoms with Crippen molar-refractivity contribution in [3.63, 3.8) is 0 Å². The van der Waals surface area contributed by atoms with Gasteiger partial charge in [0.25, 0.3) is 0 Å². The lowest BCUT2D eigenvalue weighted by Crippen LogP contribution is -2.81. The molecule has 1 aromatic heterocycles. The molecule has 1 aliphatic heterocycles. The van der Waals surface area contributed by atoms with Crippen LogP contribution in [0.2, 0.25) is 0 Å². The van der Waals surface area contributed by atoms with Crippen molar-refractivity contribution in [2.45, 2.75) is 38.3 Å². The van der Waals surface area contributed by atoms with Crippen molar-refractivity contribution < 1.29 is 9.53 Å². The number of rotatable bonds is 2. The maximum absolute atomic E-state index is 12.6. The maximum atomic E-state index is 12.6. The summed E-state index contributed by atoms with van der Waals surface area (Å²) < 4.78 is 5.79. The summed E-state index contributed by atoms with van der Waals surface area (Å²) in [4.78, 5) is 12.6. The number of carbonyl (C=O) groups excluding carboxylic acids is 1. The molecule has 6 heteroatoms. The fraction of sp³-hybridized carbons (Fsp3) is 0.692. The molecule has 1 saturated heterocycles. The SMILES string of the molecule is CC1(C)[C@@H]2OCCC[C@H]2[C@]1(N)C(=O)Nc1cn[nH]c1. The zero-order chi connectivity index (χ0) is 13.7. The lowest BCUT2D eigenvalue weighted by atomic mass is 9.46. The highest BCUT2D eigenvalue weighted by molar-refractivity contribution is 6.00. The molecule has 1 amide bonds. The Labute approximate surface area is 112 Å². The second-order valence-electron chi connectivity index (χ2n) is 6.07. The molecule has 0 aromatic carbocycles. The molecule has 1 saturated carbocycles. The van der Waals surface area contributed by atoms with E-state index in [0.717, 1.165) is 19.4 Å². The Kier molecular flexibility index (Phi) is 2.69. The Balaban J connectivity index is 1.83. The molecule has 3 rings (SSSR count). The van der Waals surface area contributed by atoms with Crippen LogP contribution in [0.3, 0.4) is 0 Å². The molecule has 2 fully saturated rings. The second-order valence-corrected chi connectivity index (χ2v) is 6.07. The number of nitrogens with zero attached hydrogens (tertiary/aromatic N) is 1. The number of nitrogens with one attached hydrogen (secondary N) is 2. The average Bonchev–Trinajstić information content (AvgIpc) is 2.90. The zero-order valence-corrected chi connectivity index (χ0v) is 11.3. The minimum atomic E-state index is -0.880. The summed E-state index contributed by atoms with van der Waals surface area (Å²) in [5, 5.41) is 9.32. The second kappa shape index (κ2) is 4.05. The van der Waals surface area contributed by atoms with Gasteiger partial charge in [0.2, 0.25) is 5.91 Å². The number of nitrogens with two attached hydrogens (primary N) is 1. The Bertz CT molecular complexity index is 485. The van der Waals surface area contributed by atoms with E-state index < -0.39 is 5.54 Å². The van der Waals surface area contributed by atoms with E-state index >= 15 is 0 Å². The van der Waals surface area contributed by atoms with E-state index in [1.165, 1.54) is 0 Å². The number of hydrogen-bond donors (Lipinski definition) is 3. The van der Waals surface area contributed by atoms with E-state index in [0.29, 0.717) is 5.69 Å². The molecule has 3 atom stereocenters. The first-order valence-corrected chi connectivity index (χ1v) is 6.68. The molecule has 19 heavy (non-hydrogen) atoms. The van der Waals surface area contributed by atoms with Gasteiger partial charge in [0, 0.05) is 24.1 Å². The van der Waals surface area contributed by atoms with Gasteiger partial charge >= 0.3 is 0 Å². The number of carbonyl (C=O) groups is 1. The largest absolute Gasteiger partial charge is 0.377 e. The standard InChI is InChI=1S/C13H20N4O2/c1-12(2)10-9(4-3-5-19-10)13(12,14)11(18)17-8-6-15-16-7-8/h6-7,9-10H,3-5,14H2,1-2H3,(H,15,16)(H,17,18)/t9-,10-,13+/m1/s1. The molecule has 6 nitrogen and oxygen atoms in total. The minimum absolute atomic E-state index is 0.0846. The van der Waals surface area contributed by atoms with Crippen LogP contribution in [0.1, 0.15) is 26.7 Å². The van der Waals surface area contributed by atoms with Crippen molar-refractivity contribution >= 4 is 11.6 Å². The molecule has 2 heterocycles. The predicted molar refractivity (Wildman–Crippen MR) is 70.4 cm³/mol. The number of ether oxygens (including phenoxy) is 1. The number of amides is 1.